The van der Waals surface area contributed by atoms with Crippen molar-refractivity contribution in [2.24, 2.45) is 17.8 Å². The molecule has 2 aromatic rings. The Bertz CT molecular complexity index is 1390. The van der Waals surface area contributed by atoms with Gasteiger partial charge in [0, 0.05) is 12.2 Å². The molecule has 0 aliphatic carbocycles. The number of unbranched alkanes of at least 4 members (excludes halogenated alkanes) is 1. The van der Waals surface area contributed by atoms with Crippen molar-refractivity contribution in [1.82, 2.24) is 4.90 Å². The third-order valence-corrected chi connectivity index (χ3v) is 9.44. The van der Waals surface area contributed by atoms with Gasteiger partial charge in [0.25, 0.3) is 5.91 Å². The second kappa shape index (κ2) is 11.7. The fourth-order valence-electron chi connectivity index (χ4n) is 7.41. The number of carbonyl (C=O) groups is 3. The summed E-state index contributed by atoms with van der Waals surface area (Å²) in [4.78, 5) is 46.0. The Morgan fingerprint density at radius 1 is 1.17 bits per heavy atom. The number of aliphatic hydroxyl groups is 1. The summed E-state index contributed by atoms with van der Waals surface area (Å²) in [6.45, 7) is 13.4. The van der Waals surface area contributed by atoms with E-state index in [1.54, 1.807) is 17.1 Å². The lowest BCUT2D eigenvalue weighted by atomic mass is 9.66. The van der Waals surface area contributed by atoms with Crippen molar-refractivity contribution in [3.05, 3.63) is 67.8 Å². The number of allylic oxidation sites excluding steroid dienone is 1. The highest BCUT2D eigenvalue weighted by Crippen LogP contribution is 2.64. The van der Waals surface area contributed by atoms with Crippen molar-refractivity contribution >= 4 is 34.2 Å². The zero-order chi connectivity index (χ0) is 30.2. The van der Waals surface area contributed by atoms with Crippen LogP contribution in [0, 0.1) is 17.8 Å². The third-order valence-electron chi connectivity index (χ3n) is 9.44. The number of nitrogens with zero attached hydrogens (tertiary/aromatic N) is 2. The third kappa shape index (κ3) is 4.74. The number of likely N-dealkylation sites (tertiary alicyclic amines) is 1. The number of hydrogen-bond acceptors (Lipinski definition) is 6. The lowest BCUT2D eigenvalue weighted by Gasteiger charge is -2.40. The first-order valence-corrected chi connectivity index (χ1v) is 15.0. The first-order chi connectivity index (χ1) is 20.1. The summed E-state index contributed by atoms with van der Waals surface area (Å²) in [5.41, 5.74) is -1.47. The fourth-order valence-corrected chi connectivity index (χ4v) is 7.41. The maximum Gasteiger partial charge on any atom is 0.312 e. The Kier molecular flexibility index (Phi) is 8.32. The van der Waals surface area contributed by atoms with Gasteiger partial charge in [-0.2, -0.15) is 0 Å². The number of rotatable bonds is 12. The van der Waals surface area contributed by atoms with Crippen LogP contribution in [0.15, 0.2) is 67.8 Å². The van der Waals surface area contributed by atoms with Gasteiger partial charge in [0.1, 0.15) is 17.6 Å². The summed E-state index contributed by atoms with van der Waals surface area (Å²) in [6.07, 6.45) is 5.74. The van der Waals surface area contributed by atoms with Crippen molar-refractivity contribution in [2.75, 3.05) is 24.7 Å². The van der Waals surface area contributed by atoms with Crippen LogP contribution in [0.2, 0.25) is 0 Å². The van der Waals surface area contributed by atoms with Gasteiger partial charge in [-0.1, -0.05) is 56.3 Å². The summed E-state index contributed by atoms with van der Waals surface area (Å²) >= 11 is 0. The maximum absolute atomic E-state index is 14.8. The van der Waals surface area contributed by atoms with Crippen molar-refractivity contribution < 1.29 is 29.0 Å². The Morgan fingerprint density at radius 3 is 2.57 bits per heavy atom. The van der Waals surface area contributed by atoms with Crippen molar-refractivity contribution in [3.8, 4) is 0 Å². The summed E-state index contributed by atoms with van der Waals surface area (Å²) < 4.78 is 12.4. The molecule has 3 aliphatic rings. The molecule has 8 heteroatoms. The molecule has 6 atom stereocenters. The van der Waals surface area contributed by atoms with Gasteiger partial charge < -0.3 is 24.4 Å². The minimum Gasteiger partial charge on any atom is -0.465 e. The van der Waals surface area contributed by atoms with Gasteiger partial charge in [0.05, 0.1) is 30.8 Å². The van der Waals surface area contributed by atoms with E-state index in [1.807, 2.05) is 63.2 Å². The van der Waals surface area contributed by atoms with E-state index in [0.717, 1.165) is 10.8 Å². The highest BCUT2D eigenvalue weighted by molar-refractivity contribution is 6.05. The summed E-state index contributed by atoms with van der Waals surface area (Å²) in [5, 5.41) is 12.5. The topological polar surface area (TPSA) is 96.4 Å². The molecule has 2 bridgehead atoms. The number of amides is 2. The van der Waals surface area contributed by atoms with Gasteiger partial charge in [-0.3, -0.25) is 14.4 Å². The summed E-state index contributed by atoms with van der Waals surface area (Å²) in [6, 6.07) is 12.1. The van der Waals surface area contributed by atoms with Crippen LogP contribution in [0.3, 0.4) is 0 Å². The van der Waals surface area contributed by atoms with Crippen LogP contribution in [-0.4, -0.2) is 70.8 Å². The van der Waals surface area contributed by atoms with Gasteiger partial charge >= 0.3 is 5.97 Å². The van der Waals surface area contributed by atoms with Crippen molar-refractivity contribution in [2.45, 2.75) is 69.7 Å². The average Bonchev–Trinajstić information content (AvgIpc) is 3.54. The molecule has 2 unspecified atom stereocenters. The minimum atomic E-state index is -1.22. The van der Waals surface area contributed by atoms with Crippen LogP contribution < -0.4 is 4.90 Å². The predicted octanol–water partition coefficient (Wildman–Crippen LogP) is 4.65. The number of fused-ring (bicyclic) bond motifs is 2. The average molecular weight is 575 g/mol. The van der Waals surface area contributed by atoms with E-state index in [9.17, 15) is 19.5 Å². The molecule has 2 aromatic carbocycles. The molecule has 1 spiro atoms. The number of hydrogen-bond donors (Lipinski definition) is 1. The predicted molar refractivity (Wildman–Crippen MR) is 162 cm³/mol. The van der Waals surface area contributed by atoms with E-state index >= 15 is 0 Å². The van der Waals surface area contributed by atoms with E-state index in [0.29, 0.717) is 31.4 Å². The SMILES string of the molecule is C=CCCCOC(=O)[C@H]1[C@H]2C(=O)N([C@@H](CO)C(C)C)C(C(=O)N(CC=C)c3ccc4ccccc4c3)C23CC[C@]1(C)O3. The molecular formula is C34H42N2O6. The number of ether oxygens (including phenoxy) is 2. The van der Waals surface area contributed by atoms with Gasteiger partial charge in [-0.25, -0.2) is 0 Å². The van der Waals surface area contributed by atoms with E-state index in [1.165, 1.54) is 4.90 Å². The highest BCUT2D eigenvalue weighted by atomic mass is 16.6. The lowest BCUT2D eigenvalue weighted by Crippen LogP contribution is -2.60. The molecule has 42 heavy (non-hydrogen) atoms. The number of benzene rings is 2. The number of aliphatic hydroxyl groups excluding tert-OH is 1. The first-order valence-electron chi connectivity index (χ1n) is 15.0. The van der Waals surface area contributed by atoms with Crippen LogP contribution in [0.25, 0.3) is 10.8 Å². The Labute approximate surface area is 248 Å². The van der Waals surface area contributed by atoms with Gasteiger partial charge in [0.2, 0.25) is 5.91 Å². The summed E-state index contributed by atoms with van der Waals surface area (Å²) in [5.74, 6) is -3.00. The Morgan fingerprint density at radius 2 is 1.90 bits per heavy atom. The molecule has 5 rings (SSSR count). The smallest absolute Gasteiger partial charge is 0.312 e. The van der Waals surface area contributed by atoms with E-state index in [-0.39, 0.29) is 37.5 Å². The molecule has 3 saturated heterocycles. The van der Waals surface area contributed by atoms with Crippen molar-refractivity contribution in [1.29, 1.82) is 0 Å². The Balaban J connectivity index is 1.58. The first kappa shape index (κ1) is 30.0. The molecule has 8 nitrogen and oxygen atoms in total. The van der Waals surface area contributed by atoms with Gasteiger partial charge in [0.15, 0.2) is 0 Å². The molecule has 224 valence electrons. The molecule has 0 radical (unpaired) electrons. The largest absolute Gasteiger partial charge is 0.465 e. The van der Waals surface area contributed by atoms with Gasteiger partial charge in [-0.15, -0.1) is 13.2 Å². The van der Waals surface area contributed by atoms with E-state index in [4.69, 9.17) is 9.47 Å². The Hall–Kier alpha value is -3.49. The van der Waals surface area contributed by atoms with Crippen LogP contribution >= 0.6 is 0 Å². The second-order valence-corrected chi connectivity index (χ2v) is 12.3. The van der Waals surface area contributed by atoms with Crippen LogP contribution in [0.5, 0.6) is 0 Å². The molecule has 3 heterocycles. The quantitative estimate of drug-likeness (QED) is 0.225. The molecule has 3 aliphatic heterocycles. The molecular weight excluding hydrogens is 532 g/mol. The van der Waals surface area contributed by atoms with Crippen LogP contribution in [0.4, 0.5) is 5.69 Å². The standard InChI is InChI=1S/C34H42N2O6/c1-6-8-11-19-41-32(40)28-27-30(38)36(26(21-37)22(3)4)29(34(27)17-16-33(28,5)42-34)31(39)35(18-7-2)25-15-14-23-12-9-10-13-24(23)20-25/h6-7,9-10,12-15,20,22,26-29,37H,1-2,8,11,16-19,21H2,3-5H3/t26-,27-,28+,29?,33-,34?/m0/s1. The molecule has 1 N–H and O–H groups in total. The minimum absolute atomic E-state index is 0.143. The van der Waals surface area contributed by atoms with E-state index in [2.05, 4.69) is 13.2 Å². The molecule has 0 aromatic heterocycles. The number of esters is 1. The lowest BCUT2D eigenvalue weighted by molar-refractivity contribution is -0.161. The van der Waals surface area contributed by atoms with Crippen molar-refractivity contribution in [3.63, 3.8) is 0 Å². The molecule has 2 amide bonds. The number of carbonyl (C=O) groups excluding carboxylic acids is 3. The highest BCUT2D eigenvalue weighted by Gasteiger charge is 2.79. The van der Waals surface area contributed by atoms with E-state index < -0.39 is 41.1 Å². The normalized spacial score (nSPS) is 28.6. The monoisotopic (exact) mass is 574 g/mol. The number of anilines is 1. The zero-order valence-electron chi connectivity index (χ0n) is 24.8. The summed E-state index contributed by atoms with van der Waals surface area (Å²) in [7, 11) is 0. The maximum atomic E-state index is 14.8. The zero-order valence-corrected chi connectivity index (χ0v) is 24.8. The molecule has 3 fully saturated rings. The fraction of sp³-hybridized carbons (Fsp3) is 0.500. The van der Waals surface area contributed by atoms with Crippen LogP contribution in [0.1, 0.15) is 46.5 Å². The van der Waals surface area contributed by atoms with Gasteiger partial charge in [-0.05, 0) is 61.4 Å². The van der Waals surface area contributed by atoms with Crippen LogP contribution in [-0.2, 0) is 23.9 Å². The molecule has 0 saturated carbocycles. The second-order valence-electron chi connectivity index (χ2n) is 12.3.